The van der Waals surface area contributed by atoms with Gasteiger partial charge in [-0.15, -0.1) is 6.58 Å². The van der Waals surface area contributed by atoms with Crippen molar-refractivity contribution in [2.24, 2.45) is 0 Å². The SMILES string of the molecule is C=CCc1cc(C)c(O[Si](C(C)C)(C(C)C)C(C)C)c(C)c1. The molecule has 0 saturated carbocycles. The Morgan fingerprint density at radius 3 is 1.68 bits per heavy atom. The third-order valence-electron chi connectivity index (χ3n) is 4.89. The van der Waals surface area contributed by atoms with Crippen LogP contribution in [0.3, 0.4) is 0 Å². The van der Waals surface area contributed by atoms with Gasteiger partial charge in [-0.3, -0.25) is 0 Å². The maximum absolute atomic E-state index is 6.89. The largest absolute Gasteiger partial charge is 0.542 e. The van der Waals surface area contributed by atoms with Gasteiger partial charge in [-0.2, -0.15) is 0 Å². The zero-order chi connectivity index (χ0) is 17.1. The smallest absolute Gasteiger partial charge is 0.258 e. The van der Waals surface area contributed by atoms with Crippen molar-refractivity contribution in [1.82, 2.24) is 0 Å². The van der Waals surface area contributed by atoms with Crippen LogP contribution in [0.1, 0.15) is 58.2 Å². The molecule has 0 N–H and O–H groups in total. The van der Waals surface area contributed by atoms with Crippen LogP contribution in [0.2, 0.25) is 16.6 Å². The van der Waals surface area contributed by atoms with Gasteiger partial charge < -0.3 is 4.43 Å². The predicted molar refractivity (Wildman–Crippen MR) is 101 cm³/mol. The zero-order valence-corrected chi connectivity index (χ0v) is 16.8. The summed E-state index contributed by atoms with van der Waals surface area (Å²) in [5.41, 5.74) is 5.63. The van der Waals surface area contributed by atoms with Gasteiger partial charge in [0.1, 0.15) is 5.75 Å². The maximum atomic E-state index is 6.89. The van der Waals surface area contributed by atoms with E-state index >= 15 is 0 Å². The third kappa shape index (κ3) is 3.65. The second-order valence-electron chi connectivity index (χ2n) is 7.47. The van der Waals surface area contributed by atoms with Crippen LogP contribution in [0.5, 0.6) is 5.75 Å². The van der Waals surface area contributed by atoms with Crippen LogP contribution in [0.25, 0.3) is 0 Å². The lowest BCUT2D eigenvalue weighted by atomic mass is 10.0. The average molecular weight is 319 g/mol. The van der Waals surface area contributed by atoms with Crippen LogP contribution < -0.4 is 4.43 Å². The molecule has 2 heteroatoms. The predicted octanol–water partition coefficient (Wildman–Crippen LogP) is 6.59. The molecule has 0 atom stereocenters. The molecule has 0 saturated heterocycles. The average Bonchev–Trinajstić information content (AvgIpc) is 2.37. The molecule has 0 aliphatic rings. The summed E-state index contributed by atoms with van der Waals surface area (Å²) < 4.78 is 6.89. The van der Waals surface area contributed by atoms with Gasteiger partial charge in [-0.05, 0) is 53.6 Å². The van der Waals surface area contributed by atoms with E-state index in [0.29, 0.717) is 16.6 Å². The number of hydrogen-bond donors (Lipinski definition) is 0. The molecule has 1 rings (SSSR count). The topological polar surface area (TPSA) is 9.23 Å². The van der Waals surface area contributed by atoms with E-state index < -0.39 is 8.32 Å². The Morgan fingerprint density at radius 1 is 0.955 bits per heavy atom. The minimum Gasteiger partial charge on any atom is -0.542 e. The summed E-state index contributed by atoms with van der Waals surface area (Å²) in [5, 5.41) is 0. The van der Waals surface area contributed by atoms with Crippen LogP contribution in [-0.2, 0) is 6.42 Å². The van der Waals surface area contributed by atoms with Crippen LogP contribution in [0.4, 0.5) is 0 Å². The highest BCUT2D eigenvalue weighted by Crippen LogP contribution is 2.44. The molecule has 124 valence electrons. The summed E-state index contributed by atoms with van der Waals surface area (Å²) in [6, 6.07) is 4.51. The first-order chi connectivity index (χ1) is 10.2. The standard InChI is InChI=1S/C20H34OSi/c1-10-11-19-12-17(8)20(18(9)13-19)21-22(14(2)3,15(4)5)16(6)7/h10,12-16H,1,11H2,2-9H3. The van der Waals surface area contributed by atoms with Crippen LogP contribution in [0.15, 0.2) is 24.8 Å². The lowest BCUT2D eigenvalue weighted by Crippen LogP contribution is -2.51. The summed E-state index contributed by atoms with van der Waals surface area (Å²) in [6.45, 7) is 22.2. The van der Waals surface area contributed by atoms with Crippen molar-refractivity contribution in [3.63, 3.8) is 0 Å². The molecule has 1 aromatic carbocycles. The van der Waals surface area contributed by atoms with Crippen molar-refractivity contribution in [2.75, 3.05) is 0 Å². The monoisotopic (exact) mass is 318 g/mol. The second kappa shape index (κ2) is 7.50. The van der Waals surface area contributed by atoms with E-state index in [2.05, 4.69) is 74.1 Å². The Hall–Kier alpha value is -1.02. The lowest BCUT2D eigenvalue weighted by Gasteiger charge is -2.43. The van der Waals surface area contributed by atoms with E-state index in [-0.39, 0.29) is 0 Å². The Labute approximate surface area is 138 Å². The highest BCUT2D eigenvalue weighted by molar-refractivity contribution is 6.78. The molecule has 0 fully saturated rings. The van der Waals surface area contributed by atoms with E-state index in [4.69, 9.17) is 4.43 Å². The van der Waals surface area contributed by atoms with Gasteiger partial charge in [0.2, 0.25) is 0 Å². The highest BCUT2D eigenvalue weighted by Gasteiger charge is 2.47. The molecule has 22 heavy (non-hydrogen) atoms. The number of aryl methyl sites for hydroxylation is 2. The van der Waals surface area contributed by atoms with Gasteiger partial charge in [0.05, 0.1) is 0 Å². The maximum Gasteiger partial charge on any atom is 0.258 e. The lowest BCUT2D eigenvalue weighted by molar-refractivity contribution is 0.473. The molecule has 0 amide bonds. The molecule has 0 aromatic heterocycles. The number of hydrogen-bond acceptors (Lipinski definition) is 1. The number of benzene rings is 1. The molecule has 0 bridgehead atoms. The number of rotatable bonds is 7. The fraction of sp³-hybridized carbons (Fsp3) is 0.600. The summed E-state index contributed by atoms with van der Waals surface area (Å²) in [5.74, 6) is 1.12. The van der Waals surface area contributed by atoms with Crippen LogP contribution in [0, 0.1) is 13.8 Å². The summed E-state index contributed by atoms with van der Waals surface area (Å²) in [7, 11) is -1.89. The van der Waals surface area contributed by atoms with E-state index in [9.17, 15) is 0 Å². The Morgan fingerprint density at radius 2 is 1.36 bits per heavy atom. The van der Waals surface area contributed by atoms with Gasteiger partial charge in [-0.1, -0.05) is 59.8 Å². The molecule has 0 radical (unpaired) electrons. The molecule has 0 heterocycles. The van der Waals surface area contributed by atoms with Crippen molar-refractivity contribution >= 4 is 8.32 Å². The van der Waals surface area contributed by atoms with E-state index in [0.717, 1.165) is 12.2 Å². The highest BCUT2D eigenvalue weighted by atomic mass is 28.4. The zero-order valence-electron chi connectivity index (χ0n) is 15.8. The van der Waals surface area contributed by atoms with Crippen LogP contribution >= 0.6 is 0 Å². The molecular formula is C20H34OSi. The number of allylic oxidation sites excluding steroid dienone is 1. The fourth-order valence-electron chi connectivity index (χ4n) is 4.02. The first-order valence-electron chi connectivity index (χ1n) is 8.56. The Bertz CT molecular complexity index is 470. The molecule has 0 unspecified atom stereocenters. The Kier molecular flexibility index (Phi) is 6.48. The normalized spacial score (nSPS) is 12.3. The Balaban J connectivity index is 3.33. The fourth-order valence-corrected chi connectivity index (χ4v) is 9.40. The second-order valence-corrected chi connectivity index (χ2v) is 12.8. The molecular weight excluding hydrogens is 284 g/mol. The summed E-state index contributed by atoms with van der Waals surface area (Å²) in [4.78, 5) is 0. The molecule has 0 aliphatic heterocycles. The van der Waals surface area contributed by atoms with Gasteiger partial charge in [0.25, 0.3) is 8.32 Å². The van der Waals surface area contributed by atoms with E-state index in [1.807, 2.05) is 6.08 Å². The van der Waals surface area contributed by atoms with Crippen molar-refractivity contribution < 1.29 is 4.43 Å². The van der Waals surface area contributed by atoms with Gasteiger partial charge in [-0.25, -0.2) is 0 Å². The summed E-state index contributed by atoms with van der Waals surface area (Å²) in [6.07, 6.45) is 2.88. The van der Waals surface area contributed by atoms with Crippen LogP contribution in [-0.4, -0.2) is 8.32 Å². The minimum absolute atomic E-state index is 0.596. The van der Waals surface area contributed by atoms with E-state index in [1.54, 1.807) is 0 Å². The quantitative estimate of drug-likeness (QED) is 0.407. The molecule has 1 aromatic rings. The first kappa shape index (κ1) is 19.0. The minimum atomic E-state index is -1.89. The van der Waals surface area contributed by atoms with E-state index in [1.165, 1.54) is 16.7 Å². The van der Waals surface area contributed by atoms with Gasteiger partial charge in [0, 0.05) is 0 Å². The van der Waals surface area contributed by atoms with Crippen molar-refractivity contribution in [3.8, 4) is 5.75 Å². The third-order valence-corrected chi connectivity index (χ3v) is 10.9. The molecule has 0 spiro atoms. The summed E-state index contributed by atoms with van der Waals surface area (Å²) >= 11 is 0. The molecule has 1 nitrogen and oxygen atoms in total. The van der Waals surface area contributed by atoms with Gasteiger partial charge >= 0.3 is 0 Å². The molecule has 0 aliphatic carbocycles. The van der Waals surface area contributed by atoms with Gasteiger partial charge in [0.15, 0.2) is 0 Å². The van der Waals surface area contributed by atoms with Crippen molar-refractivity contribution in [2.45, 2.75) is 78.4 Å². The van der Waals surface area contributed by atoms with Crippen molar-refractivity contribution in [1.29, 1.82) is 0 Å². The van der Waals surface area contributed by atoms with Crippen molar-refractivity contribution in [3.05, 3.63) is 41.5 Å². The first-order valence-corrected chi connectivity index (χ1v) is 10.7.